The van der Waals surface area contributed by atoms with Crippen LogP contribution >= 0.6 is 35.6 Å². The molecule has 0 saturated heterocycles. The van der Waals surface area contributed by atoms with E-state index in [0.717, 1.165) is 17.5 Å². The summed E-state index contributed by atoms with van der Waals surface area (Å²) in [5.74, 6) is 0.638. The zero-order valence-electron chi connectivity index (χ0n) is 14.2. The highest BCUT2D eigenvalue weighted by atomic mass is 35.5. The van der Waals surface area contributed by atoms with Crippen molar-refractivity contribution in [1.29, 1.82) is 0 Å². The predicted octanol–water partition coefficient (Wildman–Crippen LogP) is 3.79. The summed E-state index contributed by atoms with van der Waals surface area (Å²) in [5.41, 5.74) is 1.90. The average molecular weight is 440 g/mol. The van der Waals surface area contributed by atoms with E-state index in [9.17, 15) is 8.42 Å². The highest BCUT2D eigenvalue weighted by molar-refractivity contribution is 7.89. The number of rotatable bonds is 8. The molecule has 0 aliphatic carbocycles. The van der Waals surface area contributed by atoms with Gasteiger partial charge >= 0.3 is 0 Å². The van der Waals surface area contributed by atoms with E-state index in [1.165, 1.54) is 12.1 Å². The minimum absolute atomic E-state index is 0. The Kier molecular flexibility index (Phi) is 9.16. The van der Waals surface area contributed by atoms with Crippen LogP contribution in [0.1, 0.15) is 18.1 Å². The largest absolute Gasteiger partial charge is 0.492 e. The van der Waals surface area contributed by atoms with Crippen molar-refractivity contribution >= 4 is 45.6 Å². The molecular weight excluding hydrogens is 419 g/mol. The molecule has 3 N–H and O–H groups in total. The molecule has 0 amide bonds. The van der Waals surface area contributed by atoms with Crippen molar-refractivity contribution in [2.45, 2.75) is 24.8 Å². The van der Waals surface area contributed by atoms with Gasteiger partial charge in [-0.3, -0.25) is 0 Å². The molecule has 2 rings (SSSR count). The molecule has 144 valence electrons. The van der Waals surface area contributed by atoms with Gasteiger partial charge in [-0.25, -0.2) is 13.6 Å². The second-order valence-corrected chi connectivity index (χ2v) is 7.83. The molecule has 0 unspecified atom stereocenters. The first kappa shape index (κ1) is 23.0. The first-order chi connectivity index (χ1) is 11.8. The van der Waals surface area contributed by atoms with Crippen molar-refractivity contribution in [3.63, 3.8) is 0 Å². The molecule has 9 heteroatoms. The maximum absolute atomic E-state index is 11.2. The molecule has 0 aliphatic rings. The Morgan fingerprint density at radius 2 is 1.81 bits per heavy atom. The van der Waals surface area contributed by atoms with E-state index in [-0.39, 0.29) is 17.3 Å². The standard InChI is InChI=1S/C17H20Cl2N2O3S.ClH/c1-2-24-17-13(9-14(18)10-16(17)19)11-21-8-7-12-3-5-15(6-4-12)25(20,22)23;/h3-6,9-10,21H,2,7-8,11H2,1H3,(H2,20,22,23);1H. The first-order valence-electron chi connectivity index (χ1n) is 7.74. The molecule has 26 heavy (non-hydrogen) atoms. The van der Waals surface area contributed by atoms with Crippen LogP contribution in [-0.4, -0.2) is 21.6 Å². The molecule has 0 heterocycles. The van der Waals surface area contributed by atoms with Gasteiger partial charge in [-0.05, 0) is 49.7 Å². The van der Waals surface area contributed by atoms with Gasteiger partial charge in [0.25, 0.3) is 0 Å². The number of benzene rings is 2. The molecule has 0 bridgehead atoms. The summed E-state index contributed by atoms with van der Waals surface area (Å²) in [4.78, 5) is 0.110. The number of primary sulfonamides is 1. The lowest BCUT2D eigenvalue weighted by molar-refractivity contribution is 0.336. The Morgan fingerprint density at radius 3 is 2.38 bits per heavy atom. The van der Waals surface area contributed by atoms with Crippen molar-refractivity contribution in [3.8, 4) is 5.75 Å². The lowest BCUT2D eigenvalue weighted by Crippen LogP contribution is -2.17. The SMILES string of the molecule is CCOc1c(Cl)cc(Cl)cc1CNCCc1ccc(S(N)(=O)=O)cc1.Cl. The van der Waals surface area contributed by atoms with Crippen LogP contribution in [0.4, 0.5) is 0 Å². The molecular formula is C17H21Cl3N2O3S. The summed E-state index contributed by atoms with van der Waals surface area (Å²) >= 11 is 12.2. The van der Waals surface area contributed by atoms with Crippen molar-refractivity contribution < 1.29 is 13.2 Å². The zero-order chi connectivity index (χ0) is 18.4. The zero-order valence-corrected chi connectivity index (χ0v) is 17.3. The second kappa shape index (κ2) is 10.3. The van der Waals surface area contributed by atoms with E-state index in [0.29, 0.717) is 35.5 Å². The van der Waals surface area contributed by atoms with Gasteiger partial charge in [0.1, 0.15) is 5.75 Å². The molecule has 0 atom stereocenters. The quantitative estimate of drug-likeness (QED) is 0.613. The Bertz CT molecular complexity index is 828. The predicted molar refractivity (Wildman–Crippen MR) is 108 cm³/mol. The van der Waals surface area contributed by atoms with E-state index < -0.39 is 10.0 Å². The smallest absolute Gasteiger partial charge is 0.238 e. The number of nitrogens with one attached hydrogen (secondary N) is 1. The highest BCUT2D eigenvalue weighted by Crippen LogP contribution is 2.32. The molecule has 0 saturated carbocycles. The van der Waals surface area contributed by atoms with Crippen molar-refractivity contribution in [2.75, 3.05) is 13.2 Å². The van der Waals surface area contributed by atoms with E-state index in [1.54, 1.807) is 18.2 Å². The third-order valence-corrected chi connectivity index (χ3v) is 4.96. The first-order valence-corrected chi connectivity index (χ1v) is 10.0. The van der Waals surface area contributed by atoms with Crippen molar-refractivity contribution in [1.82, 2.24) is 5.32 Å². The van der Waals surface area contributed by atoms with Gasteiger partial charge in [0.05, 0.1) is 16.5 Å². The number of nitrogens with two attached hydrogens (primary N) is 1. The van der Waals surface area contributed by atoms with Gasteiger partial charge in [-0.1, -0.05) is 35.3 Å². The summed E-state index contributed by atoms with van der Waals surface area (Å²) in [7, 11) is -3.65. The summed E-state index contributed by atoms with van der Waals surface area (Å²) in [6.07, 6.45) is 0.739. The lowest BCUT2D eigenvalue weighted by Gasteiger charge is -2.13. The molecule has 0 spiro atoms. The fraction of sp³-hybridized carbons (Fsp3) is 0.294. The maximum atomic E-state index is 11.2. The van der Waals surface area contributed by atoms with Gasteiger partial charge in [-0.15, -0.1) is 12.4 Å². The number of sulfonamides is 1. The van der Waals surface area contributed by atoms with Crippen LogP contribution in [0.15, 0.2) is 41.3 Å². The molecule has 2 aromatic carbocycles. The van der Waals surface area contributed by atoms with Gasteiger partial charge < -0.3 is 10.1 Å². The van der Waals surface area contributed by atoms with Gasteiger partial charge in [0, 0.05) is 17.1 Å². The summed E-state index contributed by atoms with van der Waals surface area (Å²) in [6, 6.07) is 10.0. The van der Waals surface area contributed by atoms with Crippen molar-refractivity contribution in [3.05, 3.63) is 57.6 Å². The Morgan fingerprint density at radius 1 is 1.15 bits per heavy atom. The summed E-state index contributed by atoms with van der Waals surface area (Å²) < 4.78 is 28.1. The third-order valence-electron chi connectivity index (χ3n) is 3.53. The minimum Gasteiger partial charge on any atom is -0.492 e. The Balaban J connectivity index is 0.00000338. The number of hydrogen-bond donors (Lipinski definition) is 2. The summed E-state index contributed by atoms with van der Waals surface area (Å²) in [5, 5.41) is 9.44. The molecule has 5 nitrogen and oxygen atoms in total. The van der Waals surface area contributed by atoms with Gasteiger partial charge in [0.15, 0.2) is 0 Å². The second-order valence-electron chi connectivity index (χ2n) is 5.42. The van der Waals surface area contributed by atoms with Crippen LogP contribution in [0.2, 0.25) is 10.0 Å². The van der Waals surface area contributed by atoms with E-state index in [2.05, 4.69) is 5.32 Å². The molecule has 0 aliphatic heterocycles. The van der Waals surface area contributed by atoms with Crippen LogP contribution in [0.25, 0.3) is 0 Å². The summed E-state index contributed by atoms with van der Waals surface area (Å²) in [6.45, 7) is 3.67. The number of hydrogen-bond acceptors (Lipinski definition) is 4. The van der Waals surface area contributed by atoms with Crippen LogP contribution in [0, 0.1) is 0 Å². The molecule has 0 fully saturated rings. The molecule has 0 aromatic heterocycles. The lowest BCUT2D eigenvalue weighted by atomic mass is 10.1. The van der Waals surface area contributed by atoms with Crippen LogP contribution in [0.3, 0.4) is 0 Å². The van der Waals surface area contributed by atoms with Gasteiger partial charge in [0.2, 0.25) is 10.0 Å². The topological polar surface area (TPSA) is 81.4 Å². The van der Waals surface area contributed by atoms with E-state index in [1.807, 2.05) is 13.0 Å². The monoisotopic (exact) mass is 438 g/mol. The average Bonchev–Trinajstić information content (AvgIpc) is 2.54. The number of ether oxygens (including phenoxy) is 1. The minimum atomic E-state index is -3.65. The number of halogens is 3. The molecule has 0 radical (unpaired) electrons. The maximum Gasteiger partial charge on any atom is 0.238 e. The Hall–Kier alpha value is -1.02. The van der Waals surface area contributed by atoms with Crippen LogP contribution in [0.5, 0.6) is 5.75 Å². The normalized spacial score (nSPS) is 11.1. The van der Waals surface area contributed by atoms with Crippen LogP contribution < -0.4 is 15.2 Å². The fourth-order valence-electron chi connectivity index (χ4n) is 2.35. The van der Waals surface area contributed by atoms with Gasteiger partial charge in [-0.2, -0.15) is 0 Å². The van der Waals surface area contributed by atoms with E-state index >= 15 is 0 Å². The third kappa shape index (κ3) is 6.61. The Labute approximate surface area is 170 Å². The molecule has 2 aromatic rings. The van der Waals surface area contributed by atoms with Crippen molar-refractivity contribution in [2.24, 2.45) is 5.14 Å². The van der Waals surface area contributed by atoms with E-state index in [4.69, 9.17) is 33.1 Å². The highest BCUT2D eigenvalue weighted by Gasteiger charge is 2.10. The van der Waals surface area contributed by atoms with Crippen LogP contribution in [-0.2, 0) is 23.0 Å². The fourth-order valence-corrected chi connectivity index (χ4v) is 3.46.